The van der Waals surface area contributed by atoms with Gasteiger partial charge in [-0.1, -0.05) is 12.1 Å². The fourth-order valence-electron chi connectivity index (χ4n) is 1.77. The van der Waals surface area contributed by atoms with Crippen molar-refractivity contribution in [3.8, 4) is 11.3 Å². The summed E-state index contributed by atoms with van der Waals surface area (Å²) in [6, 6.07) is 8.14. The Morgan fingerprint density at radius 1 is 1.24 bits per heavy atom. The van der Waals surface area contributed by atoms with Crippen molar-refractivity contribution in [2.45, 2.75) is 18.4 Å². The Kier molecular flexibility index (Phi) is 2.19. The zero-order valence-corrected chi connectivity index (χ0v) is 9.23. The SMILES string of the molecule is NC1(c2nccc(-c3cccc(F)c3)n2)CC1. The lowest BCUT2D eigenvalue weighted by molar-refractivity contribution is 0.628. The highest BCUT2D eigenvalue weighted by molar-refractivity contribution is 5.58. The van der Waals surface area contributed by atoms with E-state index < -0.39 is 0 Å². The molecule has 1 aromatic heterocycles. The molecule has 2 aromatic rings. The first-order valence-electron chi connectivity index (χ1n) is 5.56. The van der Waals surface area contributed by atoms with Crippen LogP contribution in [0.5, 0.6) is 0 Å². The molecule has 1 aromatic carbocycles. The molecule has 2 N–H and O–H groups in total. The fourth-order valence-corrected chi connectivity index (χ4v) is 1.77. The maximum Gasteiger partial charge on any atom is 0.148 e. The Labute approximate surface area is 98.5 Å². The second-order valence-electron chi connectivity index (χ2n) is 4.43. The molecule has 1 heterocycles. The van der Waals surface area contributed by atoms with Gasteiger partial charge in [0.1, 0.15) is 11.6 Å². The molecule has 0 amide bonds. The van der Waals surface area contributed by atoms with Crippen molar-refractivity contribution in [3.63, 3.8) is 0 Å². The van der Waals surface area contributed by atoms with Crippen molar-refractivity contribution in [2.75, 3.05) is 0 Å². The molecule has 0 atom stereocenters. The Morgan fingerprint density at radius 2 is 2.06 bits per heavy atom. The van der Waals surface area contributed by atoms with E-state index in [1.54, 1.807) is 18.3 Å². The molecule has 1 aliphatic carbocycles. The van der Waals surface area contributed by atoms with Crippen molar-refractivity contribution in [1.29, 1.82) is 0 Å². The molecule has 0 bridgehead atoms. The summed E-state index contributed by atoms with van der Waals surface area (Å²) in [5.74, 6) is 0.385. The average Bonchev–Trinajstić information content (AvgIpc) is 3.09. The van der Waals surface area contributed by atoms with E-state index in [0.29, 0.717) is 11.5 Å². The minimum atomic E-state index is -0.358. The number of halogens is 1. The molecular weight excluding hydrogens is 217 g/mol. The number of aromatic nitrogens is 2. The topological polar surface area (TPSA) is 51.8 Å². The predicted molar refractivity (Wildman–Crippen MR) is 62.5 cm³/mol. The minimum absolute atomic E-state index is 0.267. The van der Waals surface area contributed by atoms with Crippen molar-refractivity contribution in [2.24, 2.45) is 5.73 Å². The van der Waals surface area contributed by atoms with Crippen LogP contribution in [-0.4, -0.2) is 9.97 Å². The van der Waals surface area contributed by atoms with Gasteiger partial charge in [-0.3, -0.25) is 0 Å². The predicted octanol–water partition coefficient (Wildman–Crippen LogP) is 2.23. The van der Waals surface area contributed by atoms with E-state index in [1.165, 1.54) is 12.1 Å². The van der Waals surface area contributed by atoms with E-state index in [2.05, 4.69) is 9.97 Å². The standard InChI is InChI=1S/C13H12FN3/c14-10-3-1-2-9(8-10)11-4-7-16-12(17-11)13(15)5-6-13/h1-4,7-8H,5-6,15H2. The maximum absolute atomic E-state index is 13.1. The minimum Gasteiger partial charge on any atom is -0.319 e. The summed E-state index contributed by atoms with van der Waals surface area (Å²) >= 11 is 0. The number of benzene rings is 1. The van der Waals surface area contributed by atoms with E-state index in [4.69, 9.17) is 5.73 Å². The molecule has 1 aliphatic rings. The van der Waals surface area contributed by atoms with Crippen molar-refractivity contribution < 1.29 is 4.39 Å². The Bertz CT molecular complexity index is 564. The highest BCUT2D eigenvalue weighted by Gasteiger charge is 2.43. The first kappa shape index (κ1) is 10.4. The number of hydrogen-bond acceptors (Lipinski definition) is 3. The van der Waals surface area contributed by atoms with Gasteiger partial charge < -0.3 is 5.73 Å². The average molecular weight is 229 g/mol. The van der Waals surface area contributed by atoms with Gasteiger partial charge >= 0.3 is 0 Å². The summed E-state index contributed by atoms with van der Waals surface area (Å²) in [6.07, 6.45) is 3.51. The summed E-state index contributed by atoms with van der Waals surface area (Å²) < 4.78 is 13.1. The van der Waals surface area contributed by atoms with Gasteiger partial charge in [0.2, 0.25) is 0 Å². The molecule has 4 heteroatoms. The highest BCUT2D eigenvalue weighted by atomic mass is 19.1. The van der Waals surface area contributed by atoms with E-state index in [1.807, 2.05) is 6.07 Å². The van der Waals surface area contributed by atoms with Gasteiger partial charge in [0.05, 0.1) is 11.2 Å². The lowest BCUT2D eigenvalue weighted by Crippen LogP contribution is -2.22. The van der Waals surface area contributed by atoms with Crippen LogP contribution in [0.3, 0.4) is 0 Å². The Hall–Kier alpha value is -1.81. The second-order valence-corrected chi connectivity index (χ2v) is 4.43. The van der Waals surface area contributed by atoms with Crippen LogP contribution in [0.2, 0.25) is 0 Å². The van der Waals surface area contributed by atoms with Crippen LogP contribution in [0.15, 0.2) is 36.5 Å². The molecule has 3 rings (SSSR count). The monoisotopic (exact) mass is 229 g/mol. The van der Waals surface area contributed by atoms with Crippen molar-refractivity contribution in [3.05, 3.63) is 48.2 Å². The zero-order chi connectivity index (χ0) is 11.9. The Balaban J connectivity index is 2.03. The van der Waals surface area contributed by atoms with E-state index >= 15 is 0 Å². The first-order chi connectivity index (χ1) is 8.17. The maximum atomic E-state index is 13.1. The van der Waals surface area contributed by atoms with Crippen LogP contribution in [-0.2, 0) is 5.54 Å². The second kappa shape index (κ2) is 3.60. The van der Waals surface area contributed by atoms with Gasteiger partial charge in [-0.2, -0.15) is 0 Å². The van der Waals surface area contributed by atoms with E-state index in [0.717, 1.165) is 18.4 Å². The fraction of sp³-hybridized carbons (Fsp3) is 0.231. The van der Waals surface area contributed by atoms with Crippen LogP contribution in [0, 0.1) is 5.82 Å². The summed E-state index contributed by atoms with van der Waals surface area (Å²) in [5.41, 5.74) is 7.15. The van der Waals surface area contributed by atoms with Gasteiger partial charge in [0, 0.05) is 11.8 Å². The van der Waals surface area contributed by atoms with Crippen LogP contribution in [0.25, 0.3) is 11.3 Å². The number of hydrogen-bond donors (Lipinski definition) is 1. The third-order valence-corrected chi connectivity index (χ3v) is 3.01. The van der Waals surface area contributed by atoms with Gasteiger partial charge in [0.25, 0.3) is 0 Å². The largest absolute Gasteiger partial charge is 0.319 e. The highest BCUT2D eigenvalue weighted by Crippen LogP contribution is 2.40. The molecule has 0 spiro atoms. The zero-order valence-electron chi connectivity index (χ0n) is 9.23. The molecule has 0 aliphatic heterocycles. The molecule has 86 valence electrons. The third-order valence-electron chi connectivity index (χ3n) is 3.01. The van der Waals surface area contributed by atoms with Gasteiger partial charge in [0.15, 0.2) is 0 Å². The summed E-state index contributed by atoms with van der Waals surface area (Å²) in [5, 5.41) is 0. The molecule has 0 unspecified atom stereocenters. The number of nitrogens with zero attached hydrogens (tertiary/aromatic N) is 2. The summed E-state index contributed by atoms with van der Waals surface area (Å²) in [4.78, 5) is 8.61. The molecule has 1 saturated carbocycles. The Morgan fingerprint density at radius 3 is 2.76 bits per heavy atom. The van der Waals surface area contributed by atoms with Crippen LogP contribution in [0.4, 0.5) is 4.39 Å². The van der Waals surface area contributed by atoms with Crippen molar-refractivity contribution >= 4 is 0 Å². The molecule has 1 fully saturated rings. The van der Waals surface area contributed by atoms with E-state index in [9.17, 15) is 4.39 Å². The van der Waals surface area contributed by atoms with Crippen molar-refractivity contribution in [1.82, 2.24) is 9.97 Å². The number of nitrogens with two attached hydrogens (primary N) is 1. The summed E-state index contributed by atoms with van der Waals surface area (Å²) in [7, 11) is 0. The molecule has 17 heavy (non-hydrogen) atoms. The first-order valence-corrected chi connectivity index (χ1v) is 5.56. The molecule has 0 radical (unpaired) electrons. The molecular formula is C13H12FN3. The lowest BCUT2D eigenvalue weighted by Gasteiger charge is -2.08. The van der Waals surface area contributed by atoms with Crippen LogP contribution >= 0.6 is 0 Å². The smallest absolute Gasteiger partial charge is 0.148 e. The lowest BCUT2D eigenvalue weighted by atomic mass is 10.1. The van der Waals surface area contributed by atoms with E-state index in [-0.39, 0.29) is 11.4 Å². The van der Waals surface area contributed by atoms with Gasteiger partial charge in [-0.25, -0.2) is 14.4 Å². The summed E-state index contributed by atoms with van der Waals surface area (Å²) in [6.45, 7) is 0. The van der Waals surface area contributed by atoms with Gasteiger partial charge in [-0.05, 0) is 31.0 Å². The van der Waals surface area contributed by atoms with Gasteiger partial charge in [-0.15, -0.1) is 0 Å². The molecule has 0 saturated heterocycles. The number of rotatable bonds is 2. The van der Waals surface area contributed by atoms with Crippen LogP contribution in [0.1, 0.15) is 18.7 Å². The molecule has 3 nitrogen and oxygen atoms in total. The quantitative estimate of drug-likeness (QED) is 0.859. The van der Waals surface area contributed by atoms with Crippen LogP contribution < -0.4 is 5.73 Å². The normalized spacial score (nSPS) is 16.8. The third kappa shape index (κ3) is 1.91.